The summed E-state index contributed by atoms with van der Waals surface area (Å²) in [5, 5.41) is 5.35. The van der Waals surface area contributed by atoms with Crippen molar-refractivity contribution in [3.05, 3.63) is 0 Å². The number of carbonyl (C=O) groups excluding carboxylic acids is 3. The molecule has 2 N–H and O–H groups in total. The Morgan fingerprint density at radius 1 is 1.00 bits per heavy atom. The highest BCUT2D eigenvalue weighted by Crippen LogP contribution is 2.13. The number of nitrogens with one attached hydrogen (secondary N) is 2. The van der Waals surface area contributed by atoms with Gasteiger partial charge in [0, 0.05) is 19.4 Å². The van der Waals surface area contributed by atoms with Crippen molar-refractivity contribution in [2.45, 2.75) is 90.9 Å². The maximum Gasteiger partial charge on any atom is 0.408 e. The molecule has 0 aromatic heterocycles. The minimum absolute atomic E-state index is 0.0940. The number of terminal acetylenes is 1. The van der Waals surface area contributed by atoms with Crippen LogP contribution in [0.15, 0.2) is 0 Å². The molecule has 0 saturated carbocycles. The summed E-state index contributed by atoms with van der Waals surface area (Å²) in [5.74, 6) is 1.81. The number of unbranched alkanes of at least 4 members (excludes halogenated alkanes) is 1. The second kappa shape index (κ2) is 11.5. The van der Waals surface area contributed by atoms with Gasteiger partial charge in [0.2, 0.25) is 5.91 Å². The number of amides is 2. The number of alkyl carbamates (subject to hydrolysis) is 1. The van der Waals surface area contributed by atoms with Gasteiger partial charge in [-0.3, -0.25) is 4.79 Å². The predicted octanol–water partition coefficient (Wildman–Crippen LogP) is 2.92. The van der Waals surface area contributed by atoms with Crippen molar-refractivity contribution in [2.24, 2.45) is 0 Å². The van der Waals surface area contributed by atoms with Crippen LogP contribution in [0, 0.1) is 12.3 Å². The standard InChI is InChI=1S/C20H34N2O5/c1-8-9-13-16(23)21-14-11-10-12-15(17(24)26-19(2,3)4)22-18(25)27-20(5,6)7/h1,15H,9-14H2,2-7H3,(H,21,23)(H,22,25)/t15-/m0/s1. The van der Waals surface area contributed by atoms with Crippen LogP contribution in [0.2, 0.25) is 0 Å². The Balaban J connectivity index is 4.54. The molecule has 2 amide bonds. The third kappa shape index (κ3) is 14.6. The van der Waals surface area contributed by atoms with Gasteiger partial charge in [-0.25, -0.2) is 9.59 Å². The molecule has 7 nitrogen and oxygen atoms in total. The molecule has 0 radical (unpaired) electrons. The Labute approximate surface area is 162 Å². The van der Waals surface area contributed by atoms with Gasteiger partial charge >= 0.3 is 12.1 Å². The molecule has 0 aliphatic carbocycles. The molecule has 0 aliphatic rings. The monoisotopic (exact) mass is 382 g/mol. The van der Waals surface area contributed by atoms with Gasteiger partial charge in [-0.2, -0.15) is 0 Å². The Morgan fingerprint density at radius 3 is 2.11 bits per heavy atom. The first-order valence-electron chi connectivity index (χ1n) is 9.26. The molecule has 0 unspecified atom stereocenters. The van der Waals surface area contributed by atoms with Crippen LogP contribution in [0.1, 0.15) is 73.6 Å². The summed E-state index contributed by atoms with van der Waals surface area (Å²) in [5.41, 5.74) is -1.32. The van der Waals surface area contributed by atoms with Crippen molar-refractivity contribution in [3.8, 4) is 12.3 Å². The zero-order valence-electron chi connectivity index (χ0n) is 17.4. The van der Waals surface area contributed by atoms with Crippen molar-refractivity contribution in [1.82, 2.24) is 10.6 Å². The van der Waals surface area contributed by atoms with Crippen LogP contribution in [0.3, 0.4) is 0 Å². The third-order valence-corrected chi connectivity index (χ3v) is 3.12. The van der Waals surface area contributed by atoms with Gasteiger partial charge in [0.15, 0.2) is 0 Å². The summed E-state index contributed by atoms with van der Waals surface area (Å²) in [6.45, 7) is 11.0. The van der Waals surface area contributed by atoms with E-state index >= 15 is 0 Å². The third-order valence-electron chi connectivity index (χ3n) is 3.12. The largest absolute Gasteiger partial charge is 0.458 e. The molecule has 7 heteroatoms. The normalized spacial score (nSPS) is 12.5. The summed E-state index contributed by atoms with van der Waals surface area (Å²) in [6.07, 6.45) is 6.83. The fraction of sp³-hybridized carbons (Fsp3) is 0.750. The van der Waals surface area contributed by atoms with Crippen LogP contribution < -0.4 is 10.6 Å². The van der Waals surface area contributed by atoms with E-state index in [2.05, 4.69) is 16.6 Å². The van der Waals surface area contributed by atoms with Crippen LogP contribution in [0.5, 0.6) is 0 Å². The number of esters is 1. The van der Waals surface area contributed by atoms with Crippen molar-refractivity contribution >= 4 is 18.0 Å². The quantitative estimate of drug-likeness (QED) is 0.363. The van der Waals surface area contributed by atoms with Gasteiger partial charge in [0.1, 0.15) is 17.2 Å². The maximum absolute atomic E-state index is 12.4. The summed E-state index contributed by atoms with van der Waals surface area (Å²) < 4.78 is 10.6. The molecular formula is C20H34N2O5. The zero-order chi connectivity index (χ0) is 21.1. The van der Waals surface area contributed by atoms with Crippen LogP contribution in [0.25, 0.3) is 0 Å². The van der Waals surface area contributed by atoms with E-state index in [0.29, 0.717) is 38.6 Å². The first-order valence-corrected chi connectivity index (χ1v) is 9.26. The lowest BCUT2D eigenvalue weighted by atomic mass is 10.1. The predicted molar refractivity (Wildman–Crippen MR) is 104 cm³/mol. The van der Waals surface area contributed by atoms with Gasteiger partial charge in [-0.05, 0) is 60.8 Å². The molecule has 154 valence electrons. The average molecular weight is 383 g/mol. The second-order valence-corrected chi connectivity index (χ2v) is 8.28. The Morgan fingerprint density at radius 2 is 1.59 bits per heavy atom. The fourth-order valence-electron chi connectivity index (χ4n) is 2.05. The van der Waals surface area contributed by atoms with Crippen LogP contribution in [-0.2, 0) is 19.1 Å². The summed E-state index contributed by atoms with van der Waals surface area (Å²) in [7, 11) is 0. The molecule has 27 heavy (non-hydrogen) atoms. The molecular weight excluding hydrogens is 348 g/mol. The minimum Gasteiger partial charge on any atom is -0.458 e. The topological polar surface area (TPSA) is 93.7 Å². The van der Waals surface area contributed by atoms with Gasteiger partial charge in [0.25, 0.3) is 0 Å². The Hall–Kier alpha value is -2.23. The maximum atomic E-state index is 12.4. The lowest BCUT2D eigenvalue weighted by Gasteiger charge is -2.26. The van der Waals surface area contributed by atoms with E-state index in [4.69, 9.17) is 15.9 Å². The lowest BCUT2D eigenvalue weighted by molar-refractivity contribution is -0.157. The van der Waals surface area contributed by atoms with Gasteiger partial charge in [-0.1, -0.05) is 0 Å². The first kappa shape index (κ1) is 24.8. The molecule has 0 saturated heterocycles. The van der Waals surface area contributed by atoms with E-state index in [0.717, 1.165) is 0 Å². The molecule has 0 aromatic rings. The van der Waals surface area contributed by atoms with Crippen molar-refractivity contribution in [2.75, 3.05) is 6.54 Å². The molecule has 0 rings (SSSR count). The van der Waals surface area contributed by atoms with Crippen molar-refractivity contribution in [1.29, 1.82) is 0 Å². The minimum atomic E-state index is -0.809. The lowest BCUT2D eigenvalue weighted by Crippen LogP contribution is -2.46. The van der Waals surface area contributed by atoms with E-state index in [1.807, 2.05) is 0 Å². The van der Waals surface area contributed by atoms with E-state index in [1.54, 1.807) is 41.5 Å². The molecule has 0 heterocycles. The molecule has 0 aliphatic heterocycles. The first-order chi connectivity index (χ1) is 12.3. The Bertz CT molecular complexity index is 538. The van der Waals surface area contributed by atoms with Gasteiger partial charge in [-0.15, -0.1) is 12.3 Å². The highest BCUT2D eigenvalue weighted by atomic mass is 16.6. The molecule has 1 atom stereocenters. The van der Waals surface area contributed by atoms with Gasteiger partial charge < -0.3 is 20.1 Å². The molecule has 0 spiro atoms. The highest BCUT2D eigenvalue weighted by Gasteiger charge is 2.28. The average Bonchev–Trinajstić information content (AvgIpc) is 2.47. The van der Waals surface area contributed by atoms with Gasteiger partial charge in [0.05, 0.1) is 0 Å². The van der Waals surface area contributed by atoms with E-state index in [1.165, 1.54) is 0 Å². The number of hydrogen-bond donors (Lipinski definition) is 2. The number of carbonyl (C=O) groups is 3. The summed E-state index contributed by atoms with van der Waals surface area (Å²) >= 11 is 0. The van der Waals surface area contributed by atoms with Crippen LogP contribution in [0.4, 0.5) is 4.79 Å². The summed E-state index contributed by atoms with van der Waals surface area (Å²) in [4.78, 5) is 35.9. The van der Waals surface area contributed by atoms with Crippen LogP contribution in [-0.4, -0.2) is 41.8 Å². The van der Waals surface area contributed by atoms with Crippen molar-refractivity contribution < 1.29 is 23.9 Å². The van der Waals surface area contributed by atoms with E-state index < -0.39 is 29.3 Å². The SMILES string of the molecule is C#CCCC(=O)NCCCC[C@H](NC(=O)OC(C)(C)C)C(=O)OC(C)(C)C. The van der Waals surface area contributed by atoms with Crippen LogP contribution >= 0.6 is 0 Å². The number of ether oxygens (including phenoxy) is 2. The fourth-order valence-corrected chi connectivity index (χ4v) is 2.05. The summed E-state index contributed by atoms with van der Waals surface area (Å²) in [6, 6.07) is -0.809. The zero-order valence-corrected chi connectivity index (χ0v) is 17.4. The highest BCUT2D eigenvalue weighted by molar-refractivity contribution is 5.81. The molecule has 0 bridgehead atoms. The van der Waals surface area contributed by atoms with E-state index in [9.17, 15) is 14.4 Å². The number of hydrogen-bond acceptors (Lipinski definition) is 5. The molecule has 0 fully saturated rings. The Kier molecular flexibility index (Phi) is 10.5. The smallest absolute Gasteiger partial charge is 0.408 e. The molecule has 0 aromatic carbocycles. The number of rotatable bonds is 9. The van der Waals surface area contributed by atoms with E-state index in [-0.39, 0.29) is 5.91 Å². The van der Waals surface area contributed by atoms with Crippen molar-refractivity contribution in [3.63, 3.8) is 0 Å². The second-order valence-electron chi connectivity index (χ2n) is 8.28.